The summed E-state index contributed by atoms with van der Waals surface area (Å²) in [5.41, 5.74) is 0.0167. The van der Waals surface area contributed by atoms with Gasteiger partial charge >= 0.3 is 6.09 Å². The van der Waals surface area contributed by atoms with Crippen LogP contribution in [-0.2, 0) is 4.74 Å². The number of amides is 2. The second kappa shape index (κ2) is 5.69. The van der Waals surface area contributed by atoms with Crippen LogP contribution in [0.3, 0.4) is 0 Å². The third kappa shape index (κ3) is 3.21. The third-order valence-electron chi connectivity index (χ3n) is 2.93. The molecule has 1 heterocycles. The zero-order chi connectivity index (χ0) is 13.8. The first-order valence-corrected chi connectivity index (χ1v) is 6.02. The fourth-order valence-electron chi connectivity index (χ4n) is 1.89. The maximum Gasteiger partial charge on any atom is 0.409 e. The molecule has 0 saturated carbocycles. The molecule has 1 atom stereocenters. The van der Waals surface area contributed by atoms with Gasteiger partial charge in [0.15, 0.2) is 0 Å². The number of nitrogens with one attached hydrogen (secondary N) is 1. The van der Waals surface area contributed by atoms with Crippen LogP contribution in [0.15, 0.2) is 24.3 Å². The first kappa shape index (κ1) is 13.3. The predicted molar refractivity (Wildman–Crippen MR) is 66.2 cm³/mol. The molecule has 0 aromatic heterocycles. The molecular weight excluding hydrogens is 251 g/mol. The molecule has 0 bridgehead atoms. The molecule has 1 saturated heterocycles. The highest BCUT2D eigenvalue weighted by Crippen LogP contribution is 2.11. The van der Waals surface area contributed by atoms with Crippen molar-refractivity contribution >= 4 is 12.0 Å². The molecule has 1 fully saturated rings. The smallest absolute Gasteiger partial charge is 0.409 e. The van der Waals surface area contributed by atoms with Crippen molar-refractivity contribution in [3.05, 3.63) is 35.6 Å². The van der Waals surface area contributed by atoms with Gasteiger partial charge in [0.1, 0.15) is 11.9 Å². The highest BCUT2D eigenvalue weighted by Gasteiger charge is 2.27. The average molecular weight is 266 g/mol. The van der Waals surface area contributed by atoms with Crippen molar-refractivity contribution in [2.75, 3.05) is 20.1 Å². The molecule has 19 heavy (non-hydrogen) atoms. The summed E-state index contributed by atoms with van der Waals surface area (Å²) in [4.78, 5) is 24.3. The molecule has 1 aromatic carbocycles. The van der Waals surface area contributed by atoms with Gasteiger partial charge in [0, 0.05) is 20.0 Å². The standard InChI is InChI=1S/C13H15FN2O3/c1-16-8-9(19-13(16)18)6-7-15-12(17)10-4-2-3-5-11(10)14/h2-5,9H,6-8H2,1H3,(H,15,17). The number of halogens is 1. The Morgan fingerprint density at radius 1 is 1.53 bits per heavy atom. The maximum absolute atomic E-state index is 13.3. The van der Waals surface area contributed by atoms with Gasteiger partial charge in [-0.15, -0.1) is 0 Å². The topological polar surface area (TPSA) is 58.6 Å². The highest BCUT2D eigenvalue weighted by atomic mass is 19.1. The Kier molecular flexibility index (Phi) is 3.99. The minimum Gasteiger partial charge on any atom is -0.444 e. The number of carbonyl (C=O) groups is 2. The van der Waals surface area contributed by atoms with Gasteiger partial charge < -0.3 is 15.0 Å². The SMILES string of the molecule is CN1CC(CCNC(=O)c2ccccc2F)OC1=O. The van der Waals surface area contributed by atoms with E-state index in [-0.39, 0.29) is 17.8 Å². The van der Waals surface area contributed by atoms with E-state index >= 15 is 0 Å². The molecule has 1 aliphatic rings. The number of carbonyl (C=O) groups excluding carboxylic acids is 2. The van der Waals surface area contributed by atoms with Gasteiger partial charge in [-0.05, 0) is 12.1 Å². The van der Waals surface area contributed by atoms with E-state index in [4.69, 9.17) is 4.74 Å². The predicted octanol–water partition coefficient (Wildman–Crippen LogP) is 1.40. The molecule has 2 rings (SSSR count). The average Bonchev–Trinajstić information content (AvgIpc) is 2.69. The van der Waals surface area contributed by atoms with Crippen molar-refractivity contribution in [2.45, 2.75) is 12.5 Å². The summed E-state index contributed by atoms with van der Waals surface area (Å²) < 4.78 is 18.4. The van der Waals surface area contributed by atoms with Gasteiger partial charge in [-0.2, -0.15) is 0 Å². The maximum atomic E-state index is 13.3. The highest BCUT2D eigenvalue weighted by molar-refractivity contribution is 5.94. The van der Waals surface area contributed by atoms with Crippen molar-refractivity contribution in [3.63, 3.8) is 0 Å². The Balaban J connectivity index is 1.79. The lowest BCUT2D eigenvalue weighted by atomic mass is 10.2. The Bertz CT molecular complexity index is 493. The minimum atomic E-state index is -0.549. The summed E-state index contributed by atoms with van der Waals surface area (Å²) in [5.74, 6) is -1.01. The normalized spacial score (nSPS) is 18.3. The molecule has 102 valence electrons. The van der Waals surface area contributed by atoms with Crippen LogP contribution in [0.25, 0.3) is 0 Å². The summed E-state index contributed by atoms with van der Waals surface area (Å²) in [6.07, 6.45) is -0.0696. The number of hydrogen-bond acceptors (Lipinski definition) is 3. The lowest BCUT2D eigenvalue weighted by Crippen LogP contribution is -2.29. The van der Waals surface area contributed by atoms with Crippen molar-refractivity contribution in [2.24, 2.45) is 0 Å². The van der Waals surface area contributed by atoms with E-state index in [2.05, 4.69) is 5.32 Å². The van der Waals surface area contributed by atoms with E-state index < -0.39 is 11.7 Å². The Hall–Kier alpha value is -2.11. The number of cyclic esters (lactones) is 1. The van der Waals surface area contributed by atoms with Crippen molar-refractivity contribution in [1.82, 2.24) is 10.2 Å². The number of nitrogens with zero attached hydrogens (tertiary/aromatic N) is 1. The van der Waals surface area contributed by atoms with Crippen molar-refractivity contribution < 1.29 is 18.7 Å². The number of hydrogen-bond donors (Lipinski definition) is 1. The number of ether oxygens (including phenoxy) is 1. The van der Waals surface area contributed by atoms with Crippen molar-refractivity contribution in [1.29, 1.82) is 0 Å². The number of rotatable bonds is 4. The molecule has 5 nitrogen and oxygen atoms in total. The van der Waals surface area contributed by atoms with E-state index in [1.54, 1.807) is 13.1 Å². The first-order valence-electron chi connectivity index (χ1n) is 6.02. The van der Waals surface area contributed by atoms with Crippen molar-refractivity contribution in [3.8, 4) is 0 Å². The summed E-state index contributed by atoms with van der Waals surface area (Å²) in [6.45, 7) is 0.841. The van der Waals surface area contributed by atoms with Crippen LogP contribution in [0, 0.1) is 5.82 Å². The van der Waals surface area contributed by atoms with E-state index in [0.717, 1.165) is 0 Å². The van der Waals surface area contributed by atoms with E-state index in [0.29, 0.717) is 19.5 Å². The van der Waals surface area contributed by atoms with Gasteiger partial charge in [0.25, 0.3) is 5.91 Å². The van der Waals surface area contributed by atoms with Gasteiger partial charge in [0.05, 0.1) is 12.1 Å². The Labute approximate surface area is 110 Å². The third-order valence-corrected chi connectivity index (χ3v) is 2.93. The number of benzene rings is 1. The van der Waals surface area contributed by atoms with E-state index in [1.807, 2.05) is 0 Å². The molecule has 1 unspecified atom stereocenters. The molecule has 0 spiro atoms. The lowest BCUT2D eigenvalue weighted by Gasteiger charge is -2.09. The van der Waals surface area contributed by atoms with E-state index in [9.17, 15) is 14.0 Å². The molecule has 0 radical (unpaired) electrons. The molecule has 1 aromatic rings. The van der Waals surface area contributed by atoms with Gasteiger partial charge in [-0.25, -0.2) is 9.18 Å². The fourth-order valence-corrected chi connectivity index (χ4v) is 1.89. The van der Waals surface area contributed by atoms with Crippen LogP contribution in [-0.4, -0.2) is 43.1 Å². The van der Waals surface area contributed by atoms with Crippen LogP contribution >= 0.6 is 0 Å². The van der Waals surface area contributed by atoms with Gasteiger partial charge in [-0.3, -0.25) is 4.79 Å². The Morgan fingerprint density at radius 2 is 2.26 bits per heavy atom. The zero-order valence-corrected chi connectivity index (χ0v) is 10.6. The zero-order valence-electron chi connectivity index (χ0n) is 10.6. The number of likely N-dealkylation sites (N-methyl/N-ethyl adjacent to an activating group) is 1. The van der Waals surface area contributed by atoms with E-state index in [1.165, 1.54) is 23.1 Å². The fraction of sp³-hybridized carbons (Fsp3) is 0.385. The largest absolute Gasteiger partial charge is 0.444 e. The van der Waals surface area contributed by atoms with Gasteiger partial charge in [-0.1, -0.05) is 12.1 Å². The summed E-state index contributed by atoms with van der Waals surface area (Å²) in [6, 6.07) is 5.79. The second-order valence-electron chi connectivity index (χ2n) is 4.41. The first-order chi connectivity index (χ1) is 9.08. The van der Waals surface area contributed by atoms with Gasteiger partial charge in [0.2, 0.25) is 0 Å². The summed E-state index contributed by atoms with van der Waals surface area (Å²) >= 11 is 0. The van der Waals surface area contributed by atoms with Crippen LogP contribution in [0.1, 0.15) is 16.8 Å². The Morgan fingerprint density at radius 3 is 2.89 bits per heavy atom. The molecule has 2 amide bonds. The van der Waals surface area contributed by atoms with Crippen LogP contribution in [0.2, 0.25) is 0 Å². The lowest BCUT2D eigenvalue weighted by molar-refractivity contribution is 0.0940. The van der Waals surface area contributed by atoms with Crippen LogP contribution in [0.4, 0.5) is 9.18 Å². The van der Waals surface area contributed by atoms with Crippen LogP contribution < -0.4 is 5.32 Å². The van der Waals surface area contributed by atoms with Crippen LogP contribution in [0.5, 0.6) is 0 Å². The second-order valence-corrected chi connectivity index (χ2v) is 4.41. The monoisotopic (exact) mass is 266 g/mol. The quantitative estimate of drug-likeness (QED) is 0.896. The molecule has 6 heteroatoms. The molecular formula is C13H15FN2O3. The molecule has 1 aliphatic heterocycles. The molecule has 1 N–H and O–H groups in total. The summed E-state index contributed by atoms with van der Waals surface area (Å²) in [5, 5.41) is 2.61. The molecule has 0 aliphatic carbocycles. The minimum absolute atomic E-state index is 0.0167. The summed E-state index contributed by atoms with van der Waals surface area (Å²) in [7, 11) is 1.65.